The zero-order chi connectivity index (χ0) is 48.7. The number of aliphatic hydroxyl groups excluding tert-OH is 1. The number of ketones is 1. The summed E-state index contributed by atoms with van der Waals surface area (Å²) < 4.78 is 74.6. The van der Waals surface area contributed by atoms with Gasteiger partial charge in [0.1, 0.15) is 11.8 Å². The number of thiocarbonyl (C=S) groups is 1. The Hall–Kier alpha value is -2.70. The standard InChI is InChI=1S/C50H75F3N2O10S/c1-11-35(44(58)59)37-19-14-27(4)42(62-37)31(8)40(56)30(7)41(57)36(12-2)43-28(5)26-29(6)48(63-43)23-20-38(55-45(66)54-34-17-15-33(16-18-34)50(51,52)53)49(65-48)25-24-46(10,64-49)39-21-22-47(60,13-3)32(9)61-39/h15-18,20,23,27-32,35-40,42-43,56,60H,11-14,19,21-22,24-26H2,1-10H3,(H,58,59)(H2,54,55,66)/t27-,28-,29+,30-,31-,32-,35+,36?,37+,38+,39+,40+,42+,43-,46-,47+,48-,49-/m0/s1. The van der Waals surface area contributed by atoms with E-state index in [1.807, 2.05) is 67.5 Å². The lowest BCUT2D eigenvalue weighted by atomic mass is 9.72. The molecule has 0 saturated carbocycles. The Bertz CT molecular complexity index is 1910. The number of rotatable bonds is 14. The Labute approximate surface area is 394 Å². The Morgan fingerprint density at radius 1 is 0.909 bits per heavy atom. The minimum atomic E-state index is -4.49. The monoisotopic (exact) mass is 953 g/mol. The van der Waals surface area contributed by atoms with Gasteiger partial charge in [-0.1, -0.05) is 61.5 Å². The quantitative estimate of drug-likeness (QED) is 0.0887. The Morgan fingerprint density at radius 2 is 1.58 bits per heavy atom. The van der Waals surface area contributed by atoms with E-state index in [4.69, 9.17) is 35.9 Å². The summed E-state index contributed by atoms with van der Waals surface area (Å²) >= 11 is 5.74. The summed E-state index contributed by atoms with van der Waals surface area (Å²) in [5.74, 6) is -6.48. The second-order valence-corrected chi connectivity index (χ2v) is 21.0. The maximum absolute atomic E-state index is 14.7. The van der Waals surface area contributed by atoms with Gasteiger partial charge < -0.3 is 49.6 Å². The first kappa shape index (κ1) is 52.7. The van der Waals surface area contributed by atoms with Crippen LogP contribution in [0.15, 0.2) is 36.4 Å². The van der Waals surface area contributed by atoms with Gasteiger partial charge in [0.25, 0.3) is 0 Å². The number of hydrogen-bond acceptors (Lipinski definition) is 10. The SMILES string of the molecule is CCC(C(=O)[C@@H](C)[C@@H](O)[C@H](C)[C@@H]1O[C@@H]([C@@H](CC)C(=O)O)CC[C@@H]1C)[C@H]1O[C@]2(C=C[C@@H](NC(=S)Nc3ccc(C(F)(F)F)cc3)[C@]3(CC[C@@](C)([C@H]4CC[C@](O)(CC)[C@H](C)O4)O3)O2)[C@H](C)C[C@@H]1C. The maximum atomic E-state index is 14.7. The van der Waals surface area contributed by atoms with Crippen LogP contribution in [0.2, 0.25) is 0 Å². The van der Waals surface area contributed by atoms with Gasteiger partial charge >= 0.3 is 12.1 Å². The minimum absolute atomic E-state index is 0.0626. The average Bonchev–Trinajstić information content (AvgIpc) is 3.61. The molecule has 0 aromatic heterocycles. The van der Waals surface area contributed by atoms with Crippen LogP contribution in [0.1, 0.15) is 139 Å². The second kappa shape index (κ2) is 20.3. The molecule has 1 aromatic rings. The van der Waals surface area contributed by atoms with Crippen molar-refractivity contribution in [2.24, 2.45) is 41.4 Å². The molecule has 18 atom stereocenters. The van der Waals surface area contributed by atoms with Gasteiger partial charge in [-0.3, -0.25) is 9.59 Å². The molecule has 5 heterocycles. The largest absolute Gasteiger partial charge is 0.481 e. The first-order valence-corrected chi connectivity index (χ1v) is 24.8. The molecule has 6 rings (SSSR count). The van der Waals surface area contributed by atoms with Crippen molar-refractivity contribution in [3.8, 4) is 0 Å². The number of carboxylic acids is 1. The molecule has 1 unspecified atom stereocenters. The van der Waals surface area contributed by atoms with Crippen molar-refractivity contribution in [2.75, 3.05) is 5.32 Å². The molecular formula is C50H75F3N2O10S. The van der Waals surface area contributed by atoms with E-state index in [1.165, 1.54) is 12.1 Å². The topological polar surface area (TPSA) is 165 Å². The lowest BCUT2D eigenvalue weighted by Gasteiger charge is -2.55. The lowest BCUT2D eigenvalue weighted by Crippen LogP contribution is -2.66. The lowest BCUT2D eigenvalue weighted by molar-refractivity contribution is -0.397. The van der Waals surface area contributed by atoms with E-state index >= 15 is 0 Å². The summed E-state index contributed by atoms with van der Waals surface area (Å²) in [6.45, 7) is 19.4. The van der Waals surface area contributed by atoms with Gasteiger partial charge in [-0.05, 0) is 126 Å². The molecular weight excluding hydrogens is 878 g/mol. The number of Topliss-reactive ketones (excluding diaryl/α,β-unsaturated/α-hetero) is 1. The van der Waals surface area contributed by atoms with Crippen molar-refractivity contribution in [3.63, 3.8) is 0 Å². The van der Waals surface area contributed by atoms with Crippen LogP contribution in [0.25, 0.3) is 0 Å². The van der Waals surface area contributed by atoms with E-state index in [0.29, 0.717) is 63.5 Å². The zero-order valence-electron chi connectivity index (χ0n) is 40.4. The molecule has 5 N–H and O–H groups in total. The van der Waals surface area contributed by atoms with Gasteiger partial charge in [-0.25, -0.2) is 0 Å². The molecule has 12 nitrogen and oxygen atoms in total. The van der Waals surface area contributed by atoms with Crippen LogP contribution in [0.5, 0.6) is 0 Å². The molecule has 4 saturated heterocycles. The predicted octanol–water partition coefficient (Wildman–Crippen LogP) is 9.20. The molecule has 2 spiro atoms. The number of benzene rings is 1. The first-order valence-electron chi connectivity index (χ1n) is 24.4. The molecule has 1 aromatic carbocycles. The maximum Gasteiger partial charge on any atom is 0.416 e. The van der Waals surface area contributed by atoms with Crippen LogP contribution < -0.4 is 10.6 Å². The van der Waals surface area contributed by atoms with Crippen molar-refractivity contribution in [3.05, 3.63) is 42.0 Å². The van der Waals surface area contributed by atoms with Crippen LogP contribution in [0.4, 0.5) is 18.9 Å². The Balaban J connectivity index is 1.25. The second-order valence-electron chi connectivity index (χ2n) is 20.6. The van der Waals surface area contributed by atoms with Crippen molar-refractivity contribution in [2.45, 2.75) is 205 Å². The summed E-state index contributed by atoms with van der Waals surface area (Å²) in [6.07, 6.45) is 1.33. The van der Waals surface area contributed by atoms with Crippen LogP contribution in [-0.4, -0.2) is 97.6 Å². The van der Waals surface area contributed by atoms with Crippen molar-refractivity contribution < 1.29 is 61.8 Å². The number of halogens is 3. The highest BCUT2D eigenvalue weighted by Gasteiger charge is 2.63. The van der Waals surface area contributed by atoms with Gasteiger partial charge in [0.05, 0.1) is 59.3 Å². The fourth-order valence-electron chi connectivity index (χ4n) is 11.7. The molecule has 5 aliphatic heterocycles. The number of aliphatic hydroxyl groups is 2. The number of carboxylic acid groups (broad SMARTS) is 1. The molecule has 0 aliphatic carbocycles. The molecule has 0 amide bonds. The van der Waals surface area contributed by atoms with Gasteiger partial charge in [0.15, 0.2) is 16.7 Å². The first-order chi connectivity index (χ1) is 30.9. The van der Waals surface area contributed by atoms with E-state index in [1.54, 1.807) is 6.92 Å². The number of alkyl halides is 3. The van der Waals surface area contributed by atoms with E-state index in [-0.39, 0.29) is 34.8 Å². The van der Waals surface area contributed by atoms with Gasteiger partial charge in [0.2, 0.25) is 0 Å². The fraction of sp³-hybridized carbons (Fsp3) is 0.780. The molecule has 372 valence electrons. The number of ether oxygens (including phenoxy) is 5. The minimum Gasteiger partial charge on any atom is -0.481 e. The summed E-state index contributed by atoms with van der Waals surface area (Å²) in [6, 6.07) is 3.89. The fourth-order valence-corrected chi connectivity index (χ4v) is 12.0. The third-order valence-corrected chi connectivity index (χ3v) is 16.5. The number of nitrogens with one attached hydrogen (secondary N) is 2. The third-order valence-electron chi connectivity index (χ3n) is 16.2. The van der Waals surface area contributed by atoms with Crippen LogP contribution in [0, 0.1) is 41.4 Å². The Kier molecular flexibility index (Phi) is 16.2. The smallest absolute Gasteiger partial charge is 0.416 e. The van der Waals surface area contributed by atoms with Crippen LogP contribution in [0.3, 0.4) is 0 Å². The highest BCUT2D eigenvalue weighted by Crippen LogP contribution is 2.54. The van der Waals surface area contributed by atoms with Crippen LogP contribution >= 0.6 is 12.2 Å². The number of aliphatic carboxylic acids is 1. The third kappa shape index (κ3) is 10.6. The van der Waals surface area contributed by atoms with Crippen LogP contribution in [-0.2, 0) is 39.4 Å². The molecule has 66 heavy (non-hydrogen) atoms. The summed E-state index contributed by atoms with van der Waals surface area (Å²) in [5.41, 5.74) is -2.25. The zero-order valence-corrected chi connectivity index (χ0v) is 41.2. The predicted molar refractivity (Wildman–Crippen MR) is 247 cm³/mol. The average molecular weight is 953 g/mol. The van der Waals surface area contributed by atoms with Gasteiger partial charge in [-0.15, -0.1) is 0 Å². The number of anilines is 1. The number of hydrogen-bond donors (Lipinski definition) is 5. The van der Waals surface area contributed by atoms with Crippen molar-refractivity contribution >= 4 is 34.8 Å². The molecule has 5 aliphatic rings. The number of carbonyl (C=O) groups excluding carboxylic acids is 1. The summed E-state index contributed by atoms with van der Waals surface area (Å²) in [5, 5.41) is 39.5. The van der Waals surface area contributed by atoms with E-state index in [9.17, 15) is 38.1 Å². The van der Waals surface area contributed by atoms with E-state index in [0.717, 1.165) is 18.6 Å². The highest BCUT2D eigenvalue weighted by atomic mass is 32.1. The summed E-state index contributed by atoms with van der Waals surface area (Å²) in [4.78, 5) is 26.8. The number of carbonyl (C=O) groups is 2. The summed E-state index contributed by atoms with van der Waals surface area (Å²) in [7, 11) is 0. The van der Waals surface area contributed by atoms with Gasteiger partial charge in [0, 0.05) is 35.8 Å². The van der Waals surface area contributed by atoms with Crippen molar-refractivity contribution in [1.29, 1.82) is 0 Å². The van der Waals surface area contributed by atoms with E-state index < -0.39 is 101 Å². The molecule has 0 radical (unpaired) electrons. The molecule has 4 fully saturated rings. The van der Waals surface area contributed by atoms with Gasteiger partial charge in [-0.2, -0.15) is 13.2 Å². The molecule has 16 heteroatoms. The van der Waals surface area contributed by atoms with E-state index in [2.05, 4.69) is 17.6 Å². The Morgan fingerprint density at radius 3 is 2.17 bits per heavy atom. The molecule has 0 bridgehead atoms. The van der Waals surface area contributed by atoms with Crippen molar-refractivity contribution in [1.82, 2.24) is 5.32 Å². The highest BCUT2D eigenvalue weighted by molar-refractivity contribution is 7.80. The normalized spacial score (nSPS) is 39.5.